The zero-order valence-electron chi connectivity index (χ0n) is 14.0. The second kappa shape index (κ2) is 5.61. The van der Waals surface area contributed by atoms with Crippen molar-refractivity contribution in [2.24, 2.45) is 41.4 Å². The zero-order valence-corrected chi connectivity index (χ0v) is 14.9. The molecule has 0 aromatic carbocycles. The van der Waals surface area contributed by atoms with Crippen LogP contribution in [-0.4, -0.2) is 4.31 Å². The fourth-order valence-electron chi connectivity index (χ4n) is 6.63. The first kappa shape index (κ1) is 15.2. The van der Waals surface area contributed by atoms with Crippen molar-refractivity contribution in [1.29, 1.82) is 0 Å². The van der Waals surface area contributed by atoms with Crippen molar-refractivity contribution in [3.63, 3.8) is 0 Å². The molecule has 22 heavy (non-hydrogen) atoms. The van der Waals surface area contributed by atoms with E-state index in [9.17, 15) is 0 Å². The van der Waals surface area contributed by atoms with E-state index < -0.39 is 0 Å². The van der Waals surface area contributed by atoms with E-state index in [0.717, 1.165) is 41.9 Å². The quantitative estimate of drug-likeness (QED) is 0.563. The molecule has 1 aliphatic heterocycles. The Morgan fingerprint density at radius 2 is 1.59 bits per heavy atom. The number of hydrogen-bond acceptors (Lipinski definition) is 2. The van der Waals surface area contributed by atoms with Crippen LogP contribution in [0.3, 0.4) is 0 Å². The lowest BCUT2D eigenvalue weighted by molar-refractivity contribution is -0.0361. The Kier molecular flexibility index (Phi) is 3.87. The molecule has 4 fully saturated rings. The molecule has 2 heteroatoms. The maximum Gasteiger partial charge on any atom is 0.0255 e. The summed E-state index contributed by atoms with van der Waals surface area (Å²) in [6, 6.07) is 0. The Morgan fingerprint density at radius 1 is 0.909 bits per heavy atom. The van der Waals surface area contributed by atoms with Gasteiger partial charge in [0.05, 0.1) is 0 Å². The zero-order chi connectivity index (χ0) is 15.4. The molecular formula is C20H31NS. The van der Waals surface area contributed by atoms with Gasteiger partial charge in [-0.2, -0.15) is 0 Å². The van der Waals surface area contributed by atoms with E-state index in [1.165, 1.54) is 56.3 Å². The number of thiol groups is 1. The van der Waals surface area contributed by atoms with E-state index in [1.54, 1.807) is 0 Å². The topological polar surface area (TPSA) is 3.24 Å². The number of allylic oxidation sites excluding steroid dienone is 2. The molecule has 0 amide bonds. The van der Waals surface area contributed by atoms with Crippen LogP contribution in [0.1, 0.15) is 58.3 Å². The first-order valence-corrected chi connectivity index (χ1v) is 9.81. The van der Waals surface area contributed by atoms with Crippen molar-refractivity contribution in [1.82, 2.24) is 4.31 Å². The molecule has 0 bridgehead atoms. The molecule has 7 unspecified atom stereocenters. The molecule has 122 valence electrons. The van der Waals surface area contributed by atoms with E-state index in [0.29, 0.717) is 5.92 Å². The molecule has 1 heterocycles. The Morgan fingerprint density at radius 3 is 2.41 bits per heavy atom. The molecule has 0 aromatic rings. The maximum atomic E-state index is 4.60. The summed E-state index contributed by atoms with van der Waals surface area (Å²) < 4.78 is 1.98. The summed E-state index contributed by atoms with van der Waals surface area (Å²) in [6.45, 7) is 11.1. The molecule has 0 spiro atoms. The van der Waals surface area contributed by atoms with Gasteiger partial charge in [0.1, 0.15) is 0 Å². The average Bonchev–Trinajstić information content (AvgIpc) is 2.51. The smallest absolute Gasteiger partial charge is 0.0255 e. The number of rotatable bonds is 0. The summed E-state index contributed by atoms with van der Waals surface area (Å²) in [5.41, 5.74) is 2.40. The van der Waals surface area contributed by atoms with Crippen molar-refractivity contribution < 1.29 is 0 Å². The second-order valence-electron chi connectivity index (χ2n) is 8.67. The predicted molar refractivity (Wildman–Crippen MR) is 96.1 cm³/mol. The van der Waals surface area contributed by atoms with Crippen LogP contribution in [0.4, 0.5) is 0 Å². The normalized spacial score (nSPS) is 48.5. The summed E-state index contributed by atoms with van der Waals surface area (Å²) in [7, 11) is 0. The third-order valence-electron chi connectivity index (χ3n) is 7.62. The predicted octanol–water partition coefficient (Wildman–Crippen LogP) is 5.67. The molecule has 1 saturated heterocycles. The minimum atomic E-state index is 0.670. The minimum Gasteiger partial charge on any atom is -0.296 e. The van der Waals surface area contributed by atoms with Crippen LogP contribution in [0, 0.1) is 41.4 Å². The van der Waals surface area contributed by atoms with Crippen LogP contribution >= 0.6 is 12.8 Å². The molecular weight excluding hydrogens is 286 g/mol. The van der Waals surface area contributed by atoms with Crippen LogP contribution in [0.5, 0.6) is 0 Å². The summed E-state index contributed by atoms with van der Waals surface area (Å²) in [5, 5.41) is 0. The number of hydrogen-bond donors (Lipinski definition) is 1. The molecule has 0 aromatic heterocycles. The van der Waals surface area contributed by atoms with Gasteiger partial charge in [-0.15, -0.1) is 0 Å². The number of piperidine rings is 1. The highest BCUT2D eigenvalue weighted by Crippen LogP contribution is 2.58. The van der Waals surface area contributed by atoms with Crippen LogP contribution < -0.4 is 0 Å². The van der Waals surface area contributed by atoms with Crippen LogP contribution in [0.25, 0.3) is 0 Å². The molecule has 0 radical (unpaired) electrons. The molecule has 1 nitrogen and oxygen atoms in total. The van der Waals surface area contributed by atoms with Crippen LogP contribution in [0.2, 0.25) is 0 Å². The van der Waals surface area contributed by atoms with E-state index in [1.807, 2.05) is 4.31 Å². The van der Waals surface area contributed by atoms with E-state index >= 15 is 0 Å². The minimum absolute atomic E-state index is 0.670. The Balaban J connectivity index is 1.56. The standard InChI is InChI=1S/C20H31NS/c1-12-4-6-17-15(10-12)5-7-19-18(17)9-8-16-14(3)21(22)13(2)11-20(16)19/h12,15-20,22H,2-11H2,1H3. The summed E-state index contributed by atoms with van der Waals surface area (Å²) in [6.07, 6.45) is 11.4. The molecule has 4 aliphatic rings. The molecule has 3 aliphatic carbocycles. The fourth-order valence-corrected chi connectivity index (χ4v) is 6.86. The maximum absolute atomic E-state index is 4.60. The van der Waals surface area contributed by atoms with Gasteiger partial charge >= 0.3 is 0 Å². The van der Waals surface area contributed by atoms with Gasteiger partial charge in [-0.25, -0.2) is 0 Å². The van der Waals surface area contributed by atoms with E-state index in [4.69, 9.17) is 0 Å². The highest BCUT2D eigenvalue weighted by Gasteiger charge is 2.50. The van der Waals surface area contributed by atoms with Crippen molar-refractivity contribution in [3.05, 3.63) is 24.6 Å². The highest BCUT2D eigenvalue weighted by molar-refractivity contribution is 7.78. The SMILES string of the molecule is C=C1CC2C(CCC3C4CCC(C)CC4CCC23)C(=C)N1S. The molecule has 4 rings (SSSR count). The van der Waals surface area contributed by atoms with Crippen molar-refractivity contribution in [3.8, 4) is 0 Å². The Bertz CT molecular complexity index is 484. The van der Waals surface area contributed by atoms with Gasteiger partial charge in [-0.1, -0.05) is 39.3 Å². The van der Waals surface area contributed by atoms with Gasteiger partial charge in [0.15, 0.2) is 0 Å². The van der Waals surface area contributed by atoms with Crippen molar-refractivity contribution in [2.75, 3.05) is 0 Å². The molecule has 3 saturated carbocycles. The number of nitrogens with zero attached hydrogens (tertiary/aromatic N) is 1. The van der Waals surface area contributed by atoms with Gasteiger partial charge < -0.3 is 0 Å². The first-order chi connectivity index (χ1) is 10.6. The van der Waals surface area contributed by atoms with Gasteiger partial charge in [0, 0.05) is 17.3 Å². The van der Waals surface area contributed by atoms with Crippen molar-refractivity contribution >= 4 is 12.8 Å². The van der Waals surface area contributed by atoms with Gasteiger partial charge in [0.25, 0.3) is 0 Å². The van der Waals surface area contributed by atoms with Crippen LogP contribution in [0.15, 0.2) is 24.6 Å². The Hall–Kier alpha value is -0.370. The third-order valence-corrected chi connectivity index (χ3v) is 8.16. The van der Waals surface area contributed by atoms with Gasteiger partial charge in [0.2, 0.25) is 0 Å². The molecule has 7 atom stereocenters. The van der Waals surface area contributed by atoms with E-state index in [-0.39, 0.29) is 0 Å². The number of fused-ring (bicyclic) bond motifs is 5. The first-order valence-electron chi connectivity index (χ1n) is 9.41. The lowest BCUT2D eigenvalue weighted by Crippen LogP contribution is -2.48. The largest absolute Gasteiger partial charge is 0.296 e. The van der Waals surface area contributed by atoms with Gasteiger partial charge in [-0.3, -0.25) is 4.31 Å². The average molecular weight is 318 g/mol. The fraction of sp³-hybridized carbons (Fsp3) is 0.800. The van der Waals surface area contributed by atoms with E-state index in [2.05, 4.69) is 32.9 Å². The monoisotopic (exact) mass is 317 g/mol. The summed E-state index contributed by atoms with van der Waals surface area (Å²) in [4.78, 5) is 0. The second-order valence-corrected chi connectivity index (χ2v) is 9.07. The lowest BCUT2D eigenvalue weighted by atomic mass is 9.51. The highest BCUT2D eigenvalue weighted by atomic mass is 32.1. The molecule has 0 N–H and O–H groups in total. The van der Waals surface area contributed by atoms with Crippen LogP contribution in [-0.2, 0) is 0 Å². The summed E-state index contributed by atoms with van der Waals surface area (Å²) in [5.74, 6) is 6.46. The summed E-state index contributed by atoms with van der Waals surface area (Å²) >= 11 is 4.60. The Labute approximate surface area is 141 Å². The third kappa shape index (κ3) is 2.28. The lowest BCUT2D eigenvalue weighted by Gasteiger charge is -2.56. The van der Waals surface area contributed by atoms with Gasteiger partial charge in [-0.05, 0) is 80.5 Å². The van der Waals surface area contributed by atoms with Crippen molar-refractivity contribution in [2.45, 2.75) is 58.3 Å².